The van der Waals surface area contributed by atoms with Crippen molar-refractivity contribution in [1.82, 2.24) is 9.88 Å². The molecular formula is C26H20F3N3O5S. The molecule has 0 saturated carbocycles. The summed E-state index contributed by atoms with van der Waals surface area (Å²) in [6, 6.07) is 19.2. The lowest BCUT2D eigenvalue weighted by Gasteiger charge is -2.47. The third kappa shape index (κ3) is 5.00. The lowest BCUT2D eigenvalue weighted by atomic mass is 9.85. The summed E-state index contributed by atoms with van der Waals surface area (Å²) in [6.45, 7) is -0.487. The van der Waals surface area contributed by atoms with E-state index in [0.29, 0.717) is 10.9 Å². The smallest absolute Gasteiger partial charge is 0.405 e. The number of aliphatic hydroxyl groups is 1. The van der Waals surface area contributed by atoms with Crippen molar-refractivity contribution in [2.75, 3.05) is 17.8 Å². The maximum Gasteiger partial charge on any atom is 0.573 e. The first-order valence-electron chi connectivity index (χ1n) is 11.3. The van der Waals surface area contributed by atoms with Crippen LogP contribution in [0.3, 0.4) is 0 Å². The van der Waals surface area contributed by atoms with E-state index >= 15 is 0 Å². The molecule has 1 saturated heterocycles. The van der Waals surface area contributed by atoms with Gasteiger partial charge in [-0.3, -0.25) is 14.5 Å². The van der Waals surface area contributed by atoms with Gasteiger partial charge in [0.1, 0.15) is 16.2 Å². The molecule has 8 nitrogen and oxygen atoms in total. The fourth-order valence-corrected chi connectivity index (χ4v) is 5.57. The Morgan fingerprint density at radius 1 is 0.974 bits per heavy atom. The third-order valence-electron chi connectivity index (χ3n) is 6.08. The predicted molar refractivity (Wildman–Crippen MR) is 132 cm³/mol. The van der Waals surface area contributed by atoms with Crippen molar-refractivity contribution in [1.29, 1.82) is 0 Å². The largest absolute Gasteiger partial charge is 0.573 e. The van der Waals surface area contributed by atoms with E-state index in [9.17, 15) is 31.5 Å². The summed E-state index contributed by atoms with van der Waals surface area (Å²) in [5.74, 6) is -1.01. The number of nitrogens with one attached hydrogen (secondary N) is 1. The number of para-hydroxylation sites is 2. The lowest BCUT2D eigenvalue weighted by Crippen LogP contribution is -2.61. The summed E-state index contributed by atoms with van der Waals surface area (Å²) in [4.78, 5) is 18.3. The molecule has 0 atom stereocenters. The molecule has 1 fully saturated rings. The van der Waals surface area contributed by atoms with Crippen LogP contribution in [-0.2, 0) is 15.6 Å². The van der Waals surface area contributed by atoms with Crippen LogP contribution in [0, 0.1) is 0 Å². The second-order valence-corrected chi connectivity index (χ2v) is 10.4. The molecule has 0 spiro atoms. The minimum absolute atomic E-state index is 0.00500. The summed E-state index contributed by atoms with van der Waals surface area (Å²) >= 11 is 0. The van der Waals surface area contributed by atoms with E-state index in [1.807, 2.05) is 0 Å². The normalized spacial score (nSPS) is 15.1. The zero-order valence-corrected chi connectivity index (χ0v) is 20.3. The van der Waals surface area contributed by atoms with Gasteiger partial charge < -0.3 is 14.7 Å². The Kier molecular flexibility index (Phi) is 6.24. The highest BCUT2D eigenvalue weighted by Crippen LogP contribution is 2.39. The quantitative estimate of drug-likeness (QED) is 0.376. The number of hydrogen-bond acceptors (Lipinski definition) is 6. The van der Waals surface area contributed by atoms with Gasteiger partial charge >= 0.3 is 6.36 Å². The molecule has 4 aromatic rings. The maximum absolute atomic E-state index is 13.0. The molecular weight excluding hydrogens is 523 g/mol. The molecule has 1 aromatic heterocycles. The molecule has 3 aromatic carbocycles. The van der Waals surface area contributed by atoms with Crippen LogP contribution in [0.5, 0.6) is 5.75 Å². The van der Waals surface area contributed by atoms with Crippen LogP contribution >= 0.6 is 0 Å². The van der Waals surface area contributed by atoms with Crippen molar-refractivity contribution < 1.29 is 36.2 Å². The Morgan fingerprint density at radius 2 is 1.66 bits per heavy atom. The van der Waals surface area contributed by atoms with Gasteiger partial charge in [0.2, 0.25) is 0 Å². The molecule has 12 heteroatoms. The van der Waals surface area contributed by atoms with E-state index in [4.69, 9.17) is 0 Å². The molecule has 38 heavy (non-hydrogen) atoms. The van der Waals surface area contributed by atoms with Crippen LogP contribution in [0.4, 0.5) is 18.9 Å². The van der Waals surface area contributed by atoms with Gasteiger partial charge in [0.25, 0.3) is 15.9 Å². The average Bonchev–Trinajstić information content (AvgIpc) is 2.85. The first kappa shape index (κ1) is 25.5. The van der Waals surface area contributed by atoms with Crippen molar-refractivity contribution >= 4 is 32.5 Å². The minimum Gasteiger partial charge on any atom is -0.405 e. The Balaban J connectivity index is 1.28. The highest BCUT2D eigenvalue weighted by molar-refractivity contribution is 7.93. The van der Waals surface area contributed by atoms with Crippen molar-refractivity contribution in [2.45, 2.75) is 16.9 Å². The molecule has 0 unspecified atom stereocenters. The van der Waals surface area contributed by atoms with Crippen molar-refractivity contribution in [3.05, 3.63) is 96.2 Å². The summed E-state index contributed by atoms with van der Waals surface area (Å²) in [6.07, 6.45) is -3.43. The summed E-state index contributed by atoms with van der Waals surface area (Å²) in [7, 11) is -3.98. The van der Waals surface area contributed by atoms with Gasteiger partial charge in [-0.15, -0.1) is 13.2 Å². The summed E-state index contributed by atoms with van der Waals surface area (Å²) in [5.41, 5.74) is -1.04. The second-order valence-electron chi connectivity index (χ2n) is 8.75. The van der Waals surface area contributed by atoms with Crippen molar-refractivity contribution in [3.63, 3.8) is 0 Å². The third-order valence-corrected chi connectivity index (χ3v) is 7.49. The number of benzene rings is 3. The van der Waals surface area contributed by atoms with E-state index < -0.39 is 33.6 Å². The van der Waals surface area contributed by atoms with E-state index in [2.05, 4.69) is 14.4 Å². The number of fused-ring (bicyclic) bond motifs is 1. The molecule has 1 amide bonds. The molecule has 0 aliphatic carbocycles. The Labute approximate surface area is 215 Å². The minimum atomic E-state index is -4.93. The van der Waals surface area contributed by atoms with E-state index in [1.54, 1.807) is 24.3 Å². The highest BCUT2D eigenvalue weighted by Gasteiger charge is 2.47. The topological polar surface area (TPSA) is 109 Å². The monoisotopic (exact) mass is 543 g/mol. The number of pyridine rings is 1. The first-order valence-corrected chi connectivity index (χ1v) is 12.8. The van der Waals surface area contributed by atoms with Crippen LogP contribution in [0.15, 0.2) is 90.0 Å². The maximum atomic E-state index is 13.0. The number of anilines is 1. The predicted octanol–water partition coefficient (Wildman–Crippen LogP) is 4.28. The van der Waals surface area contributed by atoms with Crippen LogP contribution in [0.1, 0.15) is 15.9 Å². The number of β-amino-alcohol motifs (C(OH)–C–C–N with tert-alkyl or cyclic N) is 1. The van der Waals surface area contributed by atoms with Crippen LogP contribution in [0.2, 0.25) is 0 Å². The standard InChI is InChI=1S/C26H20F3N3O5S/c27-26(28,29)37-21-8-2-1-7-20(21)25(34)15-32(16-25)24(33)18-10-12-19(13-11-18)31-38(35,36)22-9-3-5-17-6-4-14-30-23(17)22/h1-14,31,34H,15-16H2. The van der Waals surface area contributed by atoms with E-state index in [1.165, 1.54) is 59.6 Å². The number of carbonyl (C=O) groups excluding carboxylic acids is 1. The van der Waals surface area contributed by atoms with Crippen molar-refractivity contribution in [3.8, 4) is 5.75 Å². The number of sulfonamides is 1. The Bertz CT molecular complexity index is 1610. The number of rotatable bonds is 6. The lowest BCUT2D eigenvalue weighted by molar-refractivity contribution is -0.275. The summed E-state index contributed by atoms with van der Waals surface area (Å²) in [5, 5.41) is 11.5. The molecule has 5 rings (SSSR count). The second kappa shape index (κ2) is 9.30. The number of carbonyl (C=O) groups is 1. The number of aromatic nitrogens is 1. The van der Waals surface area contributed by atoms with Crippen LogP contribution < -0.4 is 9.46 Å². The van der Waals surface area contributed by atoms with Crippen molar-refractivity contribution in [2.24, 2.45) is 0 Å². The van der Waals surface area contributed by atoms with Gasteiger partial charge in [0, 0.05) is 28.4 Å². The molecule has 1 aliphatic rings. The molecule has 196 valence electrons. The first-order chi connectivity index (χ1) is 18.0. The SMILES string of the molecule is O=C(c1ccc(NS(=O)(=O)c2cccc3cccnc23)cc1)N1CC(O)(c2ccccc2OC(F)(F)F)C1. The molecule has 0 radical (unpaired) electrons. The number of ether oxygens (including phenoxy) is 1. The molecule has 2 heterocycles. The van der Waals surface area contributed by atoms with Gasteiger partial charge in [0.05, 0.1) is 18.6 Å². The van der Waals surface area contributed by atoms with Gasteiger partial charge in [0.15, 0.2) is 0 Å². The van der Waals surface area contributed by atoms with E-state index in [0.717, 1.165) is 6.07 Å². The average molecular weight is 544 g/mol. The number of halogens is 3. The number of alkyl halides is 3. The van der Waals surface area contributed by atoms with Crippen LogP contribution in [0.25, 0.3) is 10.9 Å². The Hall–Kier alpha value is -4.16. The van der Waals surface area contributed by atoms with Gasteiger partial charge in [-0.2, -0.15) is 0 Å². The van der Waals surface area contributed by atoms with Crippen LogP contribution in [-0.4, -0.2) is 48.8 Å². The number of nitrogens with zero attached hydrogens (tertiary/aromatic N) is 2. The molecule has 0 bridgehead atoms. The number of hydrogen-bond donors (Lipinski definition) is 2. The fourth-order valence-electron chi connectivity index (χ4n) is 4.33. The Morgan fingerprint density at radius 3 is 2.37 bits per heavy atom. The van der Waals surface area contributed by atoms with Gasteiger partial charge in [-0.25, -0.2) is 8.42 Å². The fraction of sp³-hybridized carbons (Fsp3) is 0.154. The van der Waals surface area contributed by atoms with E-state index in [-0.39, 0.29) is 34.8 Å². The number of likely N-dealkylation sites (tertiary alicyclic amines) is 1. The molecule has 1 aliphatic heterocycles. The molecule has 2 N–H and O–H groups in total. The van der Waals surface area contributed by atoms with Gasteiger partial charge in [-0.05, 0) is 42.5 Å². The zero-order valence-electron chi connectivity index (χ0n) is 19.5. The van der Waals surface area contributed by atoms with Gasteiger partial charge in [-0.1, -0.05) is 36.4 Å². The zero-order chi connectivity index (χ0) is 27.1. The summed E-state index contributed by atoms with van der Waals surface area (Å²) < 4.78 is 70.7. The number of amides is 1. The highest BCUT2D eigenvalue weighted by atomic mass is 32.2.